The lowest BCUT2D eigenvalue weighted by molar-refractivity contribution is -0.137. The highest BCUT2D eigenvalue weighted by Gasteiger charge is 2.37. The molecule has 114 valence electrons. The van der Waals surface area contributed by atoms with Crippen LogP contribution in [0, 0.1) is 5.41 Å². The van der Waals surface area contributed by atoms with E-state index >= 15 is 0 Å². The molecule has 5 heteroatoms. The fourth-order valence-corrected chi connectivity index (χ4v) is 3.93. The van der Waals surface area contributed by atoms with E-state index in [0.29, 0.717) is 25.2 Å². The fourth-order valence-electron chi connectivity index (χ4n) is 3.93. The number of carbonyl (C=O) groups excluding carboxylic acids is 1. The summed E-state index contributed by atoms with van der Waals surface area (Å²) in [7, 11) is 0. The number of ether oxygens (including phenoxy) is 1. The molecule has 1 unspecified atom stereocenters. The number of rotatable bonds is 2. The van der Waals surface area contributed by atoms with Crippen molar-refractivity contribution in [1.82, 2.24) is 15.1 Å². The predicted octanol–water partition coefficient (Wildman–Crippen LogP) is 0.311. The van der Waals surface area contributed by atoms with Crippen molar-refractivity contribution in [2.45, 2.75) is 25.7 Å². The molecule has 3 heterocycles. The van der Waals surface area contributed by atoms with Gasteiger partial charge in [0.2, 0.25) is 5.91 Å². The minimum atomic E-state index is 0.286. The summed E-state index contributed by atoms with van der Waals surface area (Å²) >= 11 is 0. The lowest BCUT2D eigenvalue weighted by Crippen LogP contribution is -2.53. The highest BCUT2D eigenvalue weighted by Crippen LogP contribution is 2.35. The molecule has 20 heavy (non-hydrogen) atoms. The molecular formula is C15H27N3O2. The van der Waals surface area contributed by atoms with E-state index in [-0.39, 0.29) is 5.91 Å². The molecule has 3 rings (SSSR count). The Hall–Kier alpha value is -0.650. The number of hydrogen-bond donors (Lipinski definition) is 1. The number of piperidine rings is 2. The van der Waals surface area contributed by atoms with Crippen molar-refractivity contribution in [3.8, 4) is 0 Å². The Morgan fingerprint density at radius 2 is 1.95 bits per heavy atom. The normalized spacial score (nSPS) is 32.5. The lowest BCUT2D eigenvalue weighted by atomic mass is 9.74. The SMILES string of the molecule is O=C(CN1CCCC2(CCCNC2)C1)N1CCOCC1. The van der Waals surface area contributed by atoms with Crippen molar-refractivity contribution in [2.75, 3.05) is 59.0 Å². The van der Waals surface area contributed by atoms with Crippen molar-refractivity contribution in [3.63, 3.8) is 0 Å². The number of amides is 1. The maximum atomic E-state index is 12.4. The molecule has 0 aromatic heterocycles. The molecule has 1 amide bonds. The Morgan fingerprint density at radius 3 is 2.70 bits per heavy atom. The van der Waals surface area contributed by atoms with E-state index in [4.69, 9.17) is 4.74 Å². The Labute approximate surface area is 121 Å². The van der Waals surface area contributed by atoms with Gasteiger partial charge in [-0.1, -0.05) is 0 Å². The average Bonchev–Trinajstić information content (AvgIpc) is 2.49. The van der Waals surface area contributed by atoms with Gasteiger partial charge in [0.1, 0.15) is 0 Å². The highest BCUT2D eigenvalue weighted by molar-refractivity contribution is 5.78. The van der Waals surface area contributed by atoms with Crippen molar-refractivity contribution < 1.29 is 9.53 Å². The van der Waals surface area contributed by atoms with Gasteiger partial charge in [-0.2, -0.15) is 0 Å². The maximum Gasteiger partial charge on any atom is 0.236 e. The van der Waals surface area contributed by atoms with Crippen LogP contribution in [-0.2, 0) is 9.53 Å². The summed E-state index contributed by atoms with van der Waals surface area (Å²) in [6, 6.07) is 0. The van der Waals surface area contributed by atoms with E-state index in [2.05, 4.69) is 10.2 Å². The van der Waals surface area contributed by atoms with Gasteiger partial charge in [-0.05, 0) is 44.2 Å². The van der Waals surface area contributed by atoms with Crippen LogP contribution in [0.25, 0.3) is 0 Å². The minimum absolute atomic E-state index is 0.286. The van der Waals surface area contributed by atoms with E-state index in [1.807, 2.05) is 4.90 Å². The first-order valence-corrected chi connectivity index (χ1v) is 8.06. The van der Waals surface area contributed by atoms with Crippen LogP contribution in [0.1, 0.15) is 25.7 Å². The van der Waals surface area contributed by atoms with Crippen LogP contribution in [0.4, 0.5) is 0 Å². The smallest absolute Gasteiger partial charge is 0.236 e. The highest BCUT2D eigenvalue weighted by atomic mass is 16.5. The number of carbonyl (C=O) groups is 1. The van der Waals surface area contributed by atoms with E-state index in [0.717, 1.165) is 39.3 Å². The summed E-state index contributed by atoms with van der Waals surface area (Å²) in [5.41, 5.74) is 0.432. The predicted molar refractivity (Wildman–Crippen MR) is 77.6 cm³/mol. The molecule has 0 radical (unpaired) electrons. The summed E-state index contributed by atoms with van der Waals surface area (Å²) in [5.74, 6) is 0.286. The molecule has 0 aromatic rings. The van der Waals surface area contributed by atoms with Crippen LogP contribution < -0.4 is 5.32 Å². The zero-order chi connectivity index (χ0) is 13.8. The van der Waals surface area contributed by atoms with Crippen LogP contribution in [0.5, 0.6) is 0 Å². The van der Waals surface area contributed by atoms with Crippen LogP contribution in [0.3, 0.4) is 0 Å². The van der Waals surface area contributed by atoms with Gasteiger partial charge in [0.25, 0.3) is 0 Å². The molecule has 5 nitrogen and oxygen atoms in total. The molecule has 1 atom stereocenters. The number of likely N-dealkylation sites (tertiary alicyclic amines) is 1. The van der Waals surface area contributed by atoms with Gasteiger partial charge in [-0.3, -0.25) is 9.69 Å². The van der Waals surface area contributed by atoms with Crippen molar-refractivity contribution in [2.24, 2.45) is 5.41 Å². The summed E-state index contributed by atoms with van der Waals surface area (Å²) in [4.78, 5) is 16.7. The maximum absolute atomic E-state index is 12.4. The Balaban J connectivity index is 1.52. The Bertz CT molecular complexity index is 331. The molecule has 0 aliphatic carbocycles. The molecule has 3 aliphatic heterocycles. The number of nitrogens with one attached hydrogen (secondary N) is 1. The van der Waals surface area contributed by atoms with Crippen molar-refractivity contribution >= 4 is 5.91 Å². The second-order valence-electron chi connectivity index (χ2n) is 6.59. The molecule has 1 spiro atoms. The minimum Gasteiger partial charge on any atom is -0.378 e. The quantitative estimate of drug-likeness (QED) is 0.791. The van der Waals surface area contributed by atoms with Crippen LogP contribution >= 0.6 is 0 Å². The van der Waals surface area contributed by atoms with E-state index in [9.17, 15) is 4.79 Å². The average molecular weight is 281 g/mol. The van der Waals surface area contributed by atoms with Gasteiger partial charge in [-0.25, -0.2) is 0 Å². The third-order valence-corrected chi connectivity index (χ3v) is 5.02. The zero-order valence-corrected chi connectivity index (χ0v) is 12.4. The Morgan fingerprint density at radius 1 is 1.15 bits per heavy atom. The summed E-state index contributed by atoms with van der Waals surface area (Å²) in [6.45, 7) is 7.98. The topological polar surface area (TPSA) is 44.8 Å². The molecule has 3 saturated heterocycles. The van der Waals surface area contributed by atoms with Gasteiger partial charge >= 0.3 is 0 Å². The molecule has 0 saturated carbocycles. The first-order valence-electron chi connectivity index (χ1n) is 8.06. The van der Waals surface area contributed by atoms with E-state index < -0.39 is 0 Å². The number of nitrogens with zero attached hydrogens (tertiary/aromatic N) is 2. The van der Waals surface area contributed by atoms with Crippen LogP contribution in [-0.4, -0.2) is 74.7 Å². The molecule has 0 bridgehead atoms. The number of hydrogen-bond acceptors (Lipinski definition) is 4. The molecule has 1 N–H and O–H groups in total. The van der Waals surface area contributed by atoms with Crippen molar-refractivity contribution in [1.29, 1.82) is 0 Å². The summed E-state index contributed by atoms with van der Waals surface area (Å²) < 4.78 is 5.31. The number of morpholine rings is 1. The standard InChI is InChI=1S/C15H27N3O2/c19-14(18-7-9-20-10-8-18)11-17-6-2-4-15(13-17)3-1-5-16-12-15/h16H,1-13H2. The van der Waals surface area contributed by atoms with Crippen LogP contribution in [0.2, 0.25) is 0 Å². The first kappa shape index (κ1) is 14.3. The van der Waals surface area contributed by atoms with E-state index in [1.165, 1.54) is 25.7 Å². The third-order valence-electron chi connectivity index (χ3n) is 5.02. The molecule has 3 fully saturated rings. The zero-order valence-electron chi connectivity index (χ0n) is 12.4. The van der Waals surface area contributed by atoms with Gasteiger partial charge < -0.3 is 15.0 Å². The van der Waals surface area contributed by atoms with Gasteiger partial charge in [0.05, 0.1) is 19.8 Å². The summed E-state index contributed by atoms with van der Waals surface area (Å²) in [5, 5.41) is 3.54. The lowest BCUT2D eigenvalue weighted by Gasteiger charge is -2.45. The monoisotopic (exact) mass is 281 g/mol. The first-order chi connectivity index (χ1) is 9.77. The van der Waals surface area contributed by atoms with Gasteiger partial charge in [0, 0.05) is 26.2 Å². The van der Waals surface area contributed by atoms with Crippen LogP contribution in [0.15, 0.2) is 0 Å². The van der Waals surface area contributed by atoms with Crippen molar-refractivity contribution in [3.05, 3.63) is 0 Å². The molecular weight excluding hydrogens is 254 g/mol. The third kappa shape index (κ3) is 3.32. The summed E-state index contributed by atoms with van der Waals surface area (Å²) in [6.07, 6.45) is 5.16. The fraction of sp³-hybridized carbons (Fsp3) is 0.933. The molecule has 0 aromatic carbocycles. The molecule has 3 aliphatic rings. The van der Waals surface area contributed by atoms with Gasteiger partial charge in [0.15, 0.2) is 0 Å². The van der Waals surface area contributed by atoms with Gasteiger partial charge in [-0.15, -0.1) is 0 Å². The largest absolute Gasteiger partial charge is 0.378 e. The Kier molecular flexibility index (Phi) is 4.58. The second kappa shape index (κ2) is 6.41. The second-order valence-corrected chi connectivity index (χ2v) is 6.59. The van der Waals surface area contributed by atoms with E-state index in [1.54, 1.807) is 0 Å².